The second-order valence-electron chi connectivity index (χ2n) is 5.27. The Kier molecular flexibility index (Phi) is 5.47. The SMILES string of the molecule is NCC1CCc2ccccc2N1CCCOCC(F)(F)F. The van der Waals surface area contributed by atoms with E-state index in [1.807, 2.05) is 18.2 Å². The molecule has 1 atom stereocenters. The molecule has 0 radical (unpaired) electrons. The van der Waals surface area contributed by atoms with Crippen molar-refractivity contribution in [1.29, 1.82) is 0 Å². The summed E-state index contributed by atoms with van der Waals surface area (Å²) in [5.41, 5.74) is 8.24. The van der Waals surface area contributed by atoms with E-state index in [0.29, 0.717) is 19.5 Å². The number of hydrogen-bond donors (Lipinski definition) is 1. The molecule has 1 heterocycles. The van der Waals surface area contributed by atoms with Crippen LogP contribution in [0.5, 0.6) is 0 Å². The van der Waals surface area contributed by atoms with Crippen molar-refractivity contribution >= 4 is 5.69 Å². The van der Waals surface area contributed by atoms with Gasteiger partial charge in [0, 0.05) is 31.4 Å². The van der Waals surface area contributed by atoms with Gasteiger partial charge in [0.25, 0.3) is 0 Å². The lowest BCUT2D eigenvalue weighted by molar-refractivity contribution is -0.173. The first-order valence-corrected chi connectivity index (χ1v) is 7.20. The number of rotatable bonds is 6. The maximum Gasteiger partial charge on any atom is 0.411 e. The predicted molar refractivity (Wildman–Crippen MR) is 76.4 cm³/mol. The summed E-state index contributed by atoms with van der Waals surface area (Å²) in [4.78, 5) is 2.20. The van der Waals surface area contributed by atoms with E-state index < -0.39 is 12.8 Å². The highest BCUT2D eigenvalue weighted by atomic mass is 19.4. The van der Waals surface area contributed by atoms with Crippen LogP contribution in [0.4, 0.5) is 18.9 Å². The summed E-state index contributed by atoms with van der Waals surface area (Å²) in [6.45, 7) is 0.147. The van der Waals surface area contributed by atoms with Crippen molar-refractivity contribution < 1.29 is 17.9 Å². The molecule has 1 aliphatic rings. The zero-order chi connectivity index (χ0) is 15.3. The highest BCUT2D eigenvalue weighted by Gasteiger charge is 2.27. The van der Waals surface area contributed by atoms with Crippen molar-refractivity contribution in [3.63, 3.8) is 0 Å². The van der Waals surface area contributed by atoms with E-state index in [4.69, 9.17) is 5.73 Å². The molecular formula is C15H21F3N2O. The Hall–Kier alpha value is -1.27. The number of halogens is 3. The molecule has 1 aliphatic heterocycles. The van der Waals surface area contributed by atoms with E-state index in [1.165, 1.54) is 5.56 Å². The second kappa shape index (κ2) is 7.13. The fourth-order valence-corrected chi connectivity index (χ4v) is 2.75. The van der Waals surface area contributed by atoms with Crippen LogP contribution < -0.4 is 10.6 Å². The molecule has 0 spiro atoms. The number of alkyl halides is 3. The third-order valence-corrected chi connectivity index (χ3v) is 3.71. The van der Waals surface area contributed by atoms with E-state index in [1.54, 1.807) is 0 Å². The minimum absolute atomic E-state index is 0.107. The molecule has 2 rings (SSSR count). The zero-order valence-corrected chi connectivity index (χ0v) is 11.9. The Morgan fingerprint density at radius 2 is 2.05 bits per heavy atom. The Morgan fingerprint density at radius 1 is 1.29 bits per heavy atom. The number of nitrogens with zero attached hydrogens (tertiary/aromatic N) is 1. The van der Waals surface area contributed by atoms with Crippen LogP contribution >= 0.6 is 0 Å². The molecule has 3 nitrogen and oxygen atoms in total. The van der Waals surface area contributed by atoms with Crippen LogP contribution in [-0.4, -0.2) is 38.5 Å². The highest BCUT2D eigenvalue weighted by molar-refractivity contribution is 5.56. The molecule has 1 aromatic carbocycles. The van der Waals surface area contributed by atoms with E-state index >= 15 is 0 Å². The van der Waals surface area contributed by atoms with Crippen LogP contribution in [0.3, 0.4) is 0 Å². The first-order valence-electron chi connectivity index (χ1n) is 7.20. The van der Waals surface area contributed by atoms with Gasteiger partial charge >= 0.3 is 6.18 Å². The fraction of sp³-hybridized carbons (Fsp3) is 0.600. The summed E-state index contributed by atoms with van der Waals surface area (Å²) in [6.07, 6.45) is -1.71. The summed E-state index contributed by atoms with van der Waals surface area (Å²) >= 11 is 0. The maximum absolute atomic E-state index is 12.0. The Bertz CT molecular complexity index is 451. The molecule has 0 bridgehead atoms. The minimum atomic E-state index is -4.25. The lowest BCUT2D eigenvalue weighted by Gasteiger charge is -2.38. The standard InChI is InChI=1S/C15H21F3N2O/c16-15(17,18)11-21-9-3-8-20-13(10-19)7-6-12-4-1-2-5-14(12)20/h1-2,4-5,13H,3,6-11,19H2. The largest absolute Gasteiger partial charge is 0.411 e. The van der Waals surface area contributed by atoms with Crippen molar-refractivity contribution in [2.45, 2.75) is 31.5 Å². The Morgan fingerprint density at radius 3 is 2.76 bits per heavy atom. The quantitative estimate of drug-likeness (QED) is 0.821. The van der Waals surface area contributed by atoms with Gasteiger partial charge in [0.05, 0.1) is 0 Å². The molecule has 0 saturated carbocycles. The van der Waals surface area contributed by atoms with Crippen LogP contribution in [0.2, 0.25) is 0 Å². The molecule has 0 fully saturated rings. The molecule has 1 unspecified atom stereocenters. The van der Waals surface area contributed by atoms with E-state index in [0.717, 1.165) is 18.5 Å². The third kappa shape index (κ3) is 4.61. The number of anilines is 1. The number of ether oxygens (including phenoxy) is 1. The van der Waals surface area contributed by atoms with Gasteiger partial charge in [-0.05, 0) is 30.9 Å². The summed E-state index contributed by atoms with van der Waals surface area (Å²) in [6, 6.07) is 8.38. The molecule has 2 N–H and O–H groups in total. The number of hydrogen-bond acceptors (Lipinski definition) is 3. The van der Waals surface area contributed by atoms with Crippen molar-refractivity contribution in [1.82, 2.24) is 0 Å². The molecular weight excluding hydrogens is 281 g/mol. The molecule has 0 aliphatic carbocycles. The first-order chi connectivity index (χ1) is 10.0. The highest BCUT2D eigenvalue weighted by Crippen LogP contribution is 2.30. The van der Waals surface area contributed by atoms with Gasteiger partial charge in [-0.15, -0.1) is 0 Å². The number of nitrogens with two attached hydrogens (primary N) is 1. The minimum Gasteiger partial charge on any atom is -0.372 e. The molecule has 0 aromatic heterocycles. The van der Waals surface area contributed by atoms with Crippen LogP contribution in [0.1, 0.15) is 18.4 Å². The van der Waals surface area contributed by atoms with E-state index in [-0.39, 0.29) is 12.6 Å². The van der Waals surface area contributed by atoms with Gasteiger partial charge < -0.3 is 15.4 Å². The van der Waals surface area contributed by atoms with Crippen LogP contribution in [-0.2, 0) is 11.2 Å². The molecule has 6 heteroatoms. The summed E-state index contributed by atoms with van der Waals surface area (Å²) in [5.74, 6) is 0. The number of aryl methyl sites for hydroxylation is 1. The Labute approximate surface area is 122 Å². The topological polar surface area (TPSA) is 38.5 Å². The monoisotopic (exact) mass is 302 g/mol. The number of para-hydroxylation sites is 1. The molecule has 1 aromatic rings. The zero-order valence-electron chi connectivity index (χ0n) is 11.9. The lowest BCUT2D eigenvalue weighted by Crippen LogP contribution is -2.44. The van der Waals surface area contributed by atoms with Gasteiger partial charge in [-0.3, -0.25) is 0 Å². The van der Waals surface area contributed by atoms with Crippen LogP contribution in [0.15, 0.2) is 24.3 Å². The summed E-state index contributed by atoms with van der Waals surface area (Å²) in [7, 11) is 0. The summed E-state index contributed by atoms with van der Waals surface area (Å²) < 4.78 is 40.7. The third-order valence-electron chi connectivity index (χ3n) is 3.71. The first kappa shape index (κ1) is 16.1. The fourth-order valence-electron chi connectivity index (χ4n) is 2.75. The number of benzene rings is 1. The van der Waals surface area contributed by atoms with Crippen molar-refractivity contribution in [3.05, 3.63) is 29.8 Å². The van der Waals surface area contributed by atoms with Gasteiger partial charge in [0.1, 0.15) is 6.61 Å². The van der Waals surface area contributed by atoms with Gasteiger partial charge in [0.2, 0.25) is 0 Å². The van der Waals surface area contributed by atoms with Crippen LogP contribution in [0.25, 0.3) is 0 Å². The van der Waals surface area contributed by atoms with Gasteiger partial charge in [-0.2, -0.15) is 13.2 Å². The molecule has 0 amide bonds. The normalized spacial score (nSPS) is 18.7. The molecule has 118 valence electrons. The van der Waals surface area contributed by atoms with Crippen molar-refractivity contribution in [3.8, 4) is 0 Å². The summed E-state index contributed by atoms with van der Waals surface area (Å²) in [5, 5.41) is 0. The average molecular weight is 302 g/mol. The molecule has 21 heavy (non-hydrogen) atoms. The lowest BCUT2D eigenvalue weighted by atomic mass is 9.95. The smallest absolute Gasteiger partial charge is 0.372 e. The van der Waals surface area contributed by atoms with Crippen molar-refractivity contribution in [2.24, 2.45) is 5.73 Å². The van der Waals surface area contributed by atoms with Gasteiger partial charge in [-0.1, -0.05) is 18.2 Å². The average Bonchev–Trinajstić information content (AvgIpc) is 2.45. The van der Waals surface area contributed by atoms with Crippen LogP contribution in [0, 0.1) is 0 Å². The van der Waals surface area contributed by atoms with E-state index in [2.05, 4.69) is 15.7 Å². The maximum atomic E-state index is 12.0. The number of fused-ring (bicyclic) bond motifs is 1. The van der Waals surface area contributed by atoms with Gasteiger partial charge in [-0.25, -0.2) is 0 Å². The van der Waals surface area contributed by atoms with Crippen molar-refractivity contribution in [2.75, 3.05) is 31.2 Å². The van der Waals surface area contributed by atoms with Gasteiger partial charge in [0.15, 0.2) is 0 Å². The second-order valence-corrected chi connectivity index (χ2v) is 5.27. The Balaban J connectivity index is 1.88. The predicted octanol–water partition coefficient (Wildman–Crippen LogP) is 2.74. The molecule has 0 saturated heterocycles. The van der Waals surface area contributed by atoms with E-state index in [9.17, 15) is 13.2 Å².